The van der Waals surface area contributed by atoms with Crippen molar-refractivity contribution in [2.45, 2.75) is 187 Å². The Kier molecular flexibility index (Phi) is 36.7. The molecule has 0 saturated carbocycles. The van der Waals surface area contributed by atoms with Gasteiger partial charge in [-0.2, -0.15) is 0 Å². The lowest BCUT2D eigenvalue weighted by Crippen LogP contribution is -2.29. The molecule has 0 aromatic rings. The van der Waals surface area contributed by atoms with Gasteiger partial charge in [0, 0.05) is 19.4 Å². The van der Waals surface area contributed by atoms with Gasteiger partial charge in [-0.25, -0.2) is 4.57 Å². The van der Waals surface area contributed by atoms with Crippen LogP contribution in [0.2, 0.25) is 0 Å². The van der Waals surface area contributed by atoms with Crippen LogP contribution in [-0.2, 0) is 32.7 Å². The van der Waals surface area contributed by atoms with Crippen LogP contribution in [-0.4, -0.2) is 49.3 Å². The third-order valence-corrected chi connectivity index (χ3v) is 9.48. The van der Waals surface area contributed by atoms with Crippen LogP contribution in [0.15, 0.2) is 36.5 Å². The first-order valence-electron chi connectivity index (χ1n) is 20.5. The van der Waals surface area contributed by atoms with E-state index in [4.69, 9.17) is 24.3 Å². The molecule has 10 heteroatoms. The molecule has 0 fully saturated rings. The number of phosphoric acid groups is 1. The lowest BCUT2D eigenvalue weighted by molar-refractivity contribution is -0.161. The highest BCUT2D eigenvalue weighted by molar-refractivity contribution is 7.47. The number of carbonyl (C=O) groups is 2. The normalized spacial score (nSPS) is 13.7. The minimum absolute atomic E-state index is 0.0495. The summed E-state index contributed by atoms with van der Waals surface area (Å²) in [5.41, 5.74) is 5.34. The molecule has 0 aliphatic rings. The Morgan fingerprint density at radius 2 is 1.02 bits per heavy atom. The summed E-state index contributed by atoms with van der Waals surface area (Å²) in [7, 11) is -4.38. The highest BCUT2D eigenvalue weighted by Crippen LogP contribution is 2.43. The molecule has 3 N–H and O–H groups in total. The molecule has 0 rings (SSSR count). The van der Waals surface area contributed by atoms with Crippen LogP contribution in [0.4, 0.5) is 0 Å². The van der Waals surface area contributed by atoms with Crippen molar-refractivity contribution in [3.63, 3.8) is 0 Å². The largest absolute Gasteiger partial charge is 0.472 e. The fraction of sp³-hybridized carbons (Fsp3) is 0.805. The van der Waals surface area contributed by atoms with E-state index in [-0.39, 0.29) is 32.6 Å². The van der Waals surface area contributed by atoms with Crippen LogP contribution in [0, 0.1) is 0 Å². The van der Waals surface area contributed by atoms with Crippen molar-refractivity contribution in [1.82, 2.24) is 0 Å². The quantitative estimate of drug-likeness (QED) is 0.0274. The standard InChI is InChI=1S/C41H76NO8P/c1-3-5-7-9-11-13-15-17-19-21-23-25-27-29-31-33-40(43)47-37-39(38-49-51(45,46)48-36-35-42)50-41(44)34-32-30-28-26-24-22-20-18-16-14-12-10-8-6-4-2/h12,14,17-20,39H,3-11,13,15-16,21-38,42H2,1-2H3,(H,45,46)/t39-/m1/s1. The molecule has 0 amide bonds. The number of ether oxygens (including phenoxy) is 2. The molecule has 0 aliphatic heterocycles. The molecular formula is C41H76NO8P. The van der Waals surface area contributed by atoms with Crippen molar-refractivity contribution in [2.24, 2.45) is 5.73 Å². The van der Waals surface area contributed by atoms with Gasteiger partial charge in [0.1, 0.15) is 6.61 Å². The summed E-state index contributed by atoms with van der Waals surface area (Å²) < 4.78 is 32.7. The number of allylic oxidation sites excluding steroid dienone is 6. The molecule has 0 bridgehead atoms. The highest BCUT2D eigenvalue weighted by atomic mass is 31.2. The van der Waals surface area contributed by atoms with Gasteiger partial charge in [0.05, 0.1) is 13.2 Å². The topological polar surface area (TPSA) is 134 Å². The number of hydrogen-bond acceptors (Lipinski definition) is 8. The molecule has 2 atom stereocenters. The van der Waals surface area contributed by atoms with E-state index in [2.05, 4.69) is 50.3 Å². The predicted octanol–water partition coefficient (Wildman–Crippen LogP) is 11.4. The van der Waals surface area contributed by atoms with Crippen molar-refractivity contribution in [2.75, 3.05) is 26.4 Å². The second-order valence-electron chi connectivity index (χ2n) is 13.5. The fourth-order valence-corrected chi connectivity index (χ4v) is 6.19. The molecule has 298 valence electrons. The van der Waals surface area contributed by atoms with Crippen LogP contribution in [0.3, 0.4) is 0 Å². The zero-order chi connectivity index (χ0) is 37.5. The Morgan fingerprint density at radius 3 is 1.55 bits per heavy atom. The summed E-state index contributed by atoms with van der Waals surface area (Å²) in [6.07, 6.45) is 40.2. The number of unbranched alkanes of at least 4 members (excludes halogenated alkanes) is 19. The zero-order valence-corrected chi connectivity index (χ0v) is 33.5. The van der Waals surface area contributed by atoms with Gasteiger partial charge in [0.15, 0.2) is 6.10 Å². The number of phosphoric ester groups is 1. The van der Waals surface area contributed by atoms with Crippen molar-refractivity contribution in [3.05, 3.63) is 36.5 Å². The minimum atomic E-state index is -4.38. The van der Waals surface area contributed by atoms with E-state index in [0.717, 1.165) is 77.0 Å². The third kappa shape index (κ3) is 37.8. The Bertz CT molecular complexity index is 939. The van der Waals surface area contributed by atoms with Gasteiger partial charge in [-0.15, -0.1) is 0 Å². The lowest BCUT2D eigenvalue weighted by Gasteiger charge is -2.19. The maximum atomic E-state index is 12.5. The van der Waals surface area contributed by atoms with Gasteiger partial charge in [-0.1, -0.05) is 134 Å². The molecule has 0 heterocycles. The predicted molar refractivity (Wildman–Crippen MR) is 210 cm³/mol. The van der Waals surface area contributed by atoms with Crippen molar-refractivity contribution < 1.29 is 37.6 Å². The van der Waals surface area contributed by atoms with E-state index in [1.165, 1.54) is 70.6 Å². The number of rotatable bonds is 38. The van der Waals surface area contributed by atoms with Gasteiger partial charge in [0.2, 0.25) is 0 Å². The summed E-state index contributed by atoms with van der Waals surface area (Å²) in [5, 5.41) is 0. The number of esters is 2. The molecule has 0 aliphatic carbocycles. The van der Waals surface area contributed by atoms with Crippen molar-refractivity contribution >= 4 is 19.8 Å². The number of nitrogens with two attached hydrogens (primary N) is 1. The average Bonchev–Trinajstić information content (AvgIpc) is 3.11. The first-order valence-corrected chi connectivity index (χ1v) is 22.0. The molecule has 0 spiro atoms. The van der Waals surface area contributed by atoms with Crippen molar-refractivity contribution in [3.8, 4) is 0 Å². The first-order chi connectivity index (χ1) is 24.8. The maximum absolute atomic E-state index is 12.5. The fourth-order valence-electron chi connectivity index (χ4n) is 5.42. The van der Waals surface area contributed by atoms with Crippen LogP contribution < -0.4 is 5.73 Å². The Balaban J connectivity index is 4.23. The maximum Gasteiger partial charge on any atom is 0.472 e. The molecule has 0 saturated heterocycles. The molecule has 0 aromatic heterocycles. The van der Waals surface area contributed by atoms with Crippen LogP contribution in [0.1, 0.15) is 181 Å². The summed E-state index contributed by atoms with van der Waals surface area (Å²) in [6.45, 7) is 3.67. The van der Waals surface area contributed by atoms with Gasteiger partial charge in [-0.05, 0) is 70.6 Å². The first kappa shape index (κ1) is 49.2. The number of hydrogen-bond donors (Lipinski definition) is 2. The molecule has 0 radical (unpaired) electrons. The van der Waals surface area contributed by atoms with E-state index in [1.807, 2.05) is 0 Å². The zero-order valence-electron chi connectivity index (χ0n) is 32.6. The van der Waals surface area contributed by atoms with E-state index >= 15 is 0 Å². The second-order valence-corrected chi connectivity index (χ2v) is 14.9. The number of carbonyl (C=O) groups excluding carboxylic acids is 2. The summed E-state index contributed by atoms with van der Waals surface area (Å²) in [6, 6.07) is 0. The Labute approximate surface area is 312 Å². The van der Waals surface area contributed by atoms with E-state index in [9.17, 15) is 19.0 Å². The monoisotopic (exact) mass is 742 g/mol. The summed E-state index contributed by atoms with van der Waals surface area (Å²) >= 11 is 0. The SMILES string of the molecule is CCCCCC=CCC=CCCCCCCCC(=O)O[C@H](COC(=O)CCCCCCCC=CCCCCCCCC)COP(=O)(O)OCCN. The molecule has 51 heavy (non-hydrogen) atoms. The van der Waals surface area contributed by atoms with Crippen LogP contribution in [0.25, 0.3) is 0 Å². The lowest BCUT2D eigenvalue weighted by atomic mass is 10.1. The molecule has 9 nitrogen and oxygen atoms in total. The highest BCUT2D eigenvalue weighted by Gasteiger charge is 2.25. The Morgan fingerprint density at radius 1 is 0.588 bits per heavy atom. The molecular weight excluding hydrogens is 665 g/mol. The average molecular weight is 742 g/mol. The summed E-state index contributed by atoms with van der Waals surface area (Å²) in [5.74, 6) is -0.854. The van der Waals surface area contributed by atoms with E-state index < -0.39 is 32.5 Å². The van der Waals surface area contributed by atoms with Crippen LogP contribution in [0.5, 0.6) is 0 Å². The molecule has 0 aromatic carbocycles. The Hall–Kier alpha value is -1.77. The second kappa shape index (κ2) is 38.0. The van der Waals surface area contributed by atoms with Crippen molar-refractivity contribution in [1.29, 1.82) is 0 Å². The molecule has 1 unspecified atom stereocenters. The van der Waals surface area contributed by atoms with Gasteiger partial charge >= 0.3 is 19.8 Å². The minimum Gasteiger partial charge on any atom is -0.462 e. The summed E-state index contributed by atoms with van der Waals surface area (Å²) in [4.78, 5) is 34.8. The van der Waals surface area contributed by atoms with Gasteiger partial charge in [0.25, 0.3) is 0 Å². The van der Waals surface area contributed by atoms with Gasteiger partial charge < -0.3 is 20.1 Å². The van der Waals surface area contributed by atoms with Gasteiger partial charge in [-0.3, -0.25) is 18.6 Å². The van der Waals surface area contributed by atoms with Crippen LogP contribution >= 0.6 is 7.82 Å². The van der Waals surface area contributed by atoms with E-state index in [0.29, 0.717) is 6.42 Å². The third-order valence-electron chi connectivity index (χ3n) is 8.50. The van der Waals surface area contributed by atoms with E-state index in [1.54, 1.807) is 0 Å². The smallest absolute Gasteiger partial charge is 0.462 e.